The lowest BCUT2D eigenvalue weighted by atomic mass is 10.2. The maximum Gasteiger partial charge on any atom is 0.252 e. The second-order valence-corrected chi connectivity index (χ2v) is 5.25. The van der Waals surface area contributed by atoms with Gasteiger partial charge in [-0.05, 0) is 31.0 Å². The molecule has 1 rings (SSSR count). The first-order valence-corrected chi connectivity index (χ1v) is 7.92. The molecule has 4 heteroatoms. The van der Waals surface area contributed by atoms with Gasteiger partial charge in [0.25, 0.3) is 5.91 Å². The van der Waals surface area contributed by atoms with E-state index in [0.717, 1.165) is 18.5 Å². The molecule has 0 spiro atoms. The number of carbonyl (C=O) groups is 1. The van der Waals surface area contributed by atoms with Crippen LogP contribution >= 0.6 is 0 Å². The number of nitrogen functional groups attached to an aromatic ring is 1. The molecule has 4 nitrogen and oxygen atoms in total. The Hall–Kier alpha value is -1.55. The normalized spacial score (nSPS) is 10.6. The van der Waals surface area contributed by atoms with Crippen LogP contribution in [-0.2, 0) is 9.53 Å². The molecule has 0 heterocycles. The Labute approximate surface area is 128 Å². The van der Waals surface area contributed by atoms with Gasteiger partial charge in [-0.1, -0.05) is 39.2 Å². The zero-order chi connectivity index (χ0) is 15.5. The largest absolute Gasteiger partial charge is 0.399 e. The summed E-state index contributed by atoms with van der Waals surface area (Å²) < 4.78 is 5.50. The third-order valence-electron chi connectivity index (χ3n) is 3.30. The molecule has 0 atom stereocenters. The molecule has 1 aromatic rings. The second kappa shape index (κ2) is 10.2. The van der Waals surface area contributed by atoms with E-state index in [4.69, 9.17) is 10.5 Å². The molecule has 0 unspecified atom stereocenters. The first-order chi connectivity index (χ1) is 10.2. The molecule has 0 aliphatic heterocycles. The van der Waals surface area contributed by atoms with E-state index in [0.29, 0.717) is 18.8 Å². The molecule has 118 valence electrons. The van der Waals surface area contributed by atoms with E-state index in [-0.39, 0.29) is 12.5 Å². The van der Waals surface area contributed by atoms with Crippen LogP contribution in [-0.4, -0.2) is 25.7 Å². The van der Waals surface area contributed by atoms with Gasteiger partial charge in [0.2, 0.25) is 0 Å². The number of benzene rings is 1. The van der Waals surface area contributed by atoms with Gasteiger partial charge in [0.15, 0.2) is 0 Å². The molecule has 0 saturated carbocycles. The maximum absolute atomic E-state index is 12.3. The summed E-state index contributed by atoms with van der Waals surface area (Å²) in [6.07, 6.45) is 5.52. The average Bonchev–Trinajstić information content (AvgIpc) is 2.48. The molecule has 0 fully saturated rings. The van der Waals surface area contributed by atoms with Crippen molar-refractivity contribution in [1.29, 1.82) is 0 Å². The van der Waals surface area contributed by atoms with Crippen molar-refractivity contribution in [1.82, 2.24) is 0 Å². The number of amides is 1. The van der Waals surface area contributed by atoms with E-state index in [9.17, 15) is 4.79 Å². The Balaban J connectivity index is 2.46. The molecule has 0 aromatic heterocycles. The van der Waals surface area contributed by atoms with Gasteiger partial charge < -0.3 is 15.4 Å². The Morgan fingerprint density at radius 2 is 2.00 bits per heavy atom. The van der Waals surface area contributed by atoms with Crippen molar-refractivity contribution in [3.8, 4) is 0 Å². The van der Waals surface area contributed by atoms with Crippen molar-refractivity contribution < 1.29 is 9.53 Å². The highest BCUT2D eigenvalue weighted by molar-refractivity contribution is 5.94. The fraction of sp³-hybridized carbons (Fsp3) is 0.588. The Morgan fingerprint density at radius 1 is 1.19 bits per heavy atom. The zero-order valence-electron chi connectivity index (χ0n) is 13.3. The predicted octanol–water partition coefficient (Wildman–Crippen LogP) is 3.61. The summed E-state index contributed by atoms with van der Waals surface area (Å²) in [7, 11) is 0. The van der Waals surface area contributed by atoms with Gasteiger partial charge in [-0.15, -0.1) is 0 Å². The Bertz CT molecular complexity index is 421. The Morgan fingerprint density at radius 3 is 2.67 bits per heavy atom. The zero-order valence-corrected chi connectivity index (χ0v) is 13.3. The molecular weight excluding hydrogens is 264 g/mol. The minimum absolute atomic E-state index is 0.00191. The molecule has 0 saturated heterocycles. The lowest BCUT2D eigenvalue weighted by Crippen LogP contribution is -2.34. The lowest BCUT2D eigenvalue weighted by Gasteiger charge is -2.22. The summed E-state index contributed by atoms with van der Waals surface area (Å²) in [6, 6.07) is 7.43. The fourth-order valence-electron chi connectivity index (χ4n) is 2.18. The highest BCUT2D eigenvalue weighted by Gasteiger charge is 2.15. The van der Waals surface area contributed by atoms with Gasteiger partial charge in [0.05, 0.1) is 0 Å². The number of hydrogen-bond donors (Lipinski definition) is 1. The summed E-state index contributed by atoms with van der Waals surface area (Å²) in [6.45, 7) is 5.71. The van der Waals surface area contributed by atoms with Gasteiger partial charge >= 0.3 is 0 Å². The molecule has 21 heavy (non-hydrogen) atoms. The number of rotatable bonds is 10. The summed E-state index contributed by atoms with van der Waals surface area (Å²) in [5, 5.41) is 0. The molecule has 0 bridgehead atoms. The molecule has 1 amide bonds. The number of carbonyl (C=O) groups excluding carboxylic acids is 1. The number of hydrogen-bond acceptors (Lipinski definition) is 3. The van der Waals surface area contributed by atoms with Crippen LogP contribution in [0.1, 0.15) is 46.0 Å². The van der Waals surface area contributed by atoms with E-state index < -0.39 is 0 Å². The molecule has 0 radical (unpaired) electrons. The van der Waals surface area contributed by atoms with E-state index >= 15 is 0 Å². The van der Waals surface area contributed by atoms with Crippen LogP contribution in [0.25, 0.3) is 0 Å². The third-order valence-corrected chi connectivity index (χ3v) is 3.30. The Kier molecular flexibility index (Phi) is 8.51. The van der Waals surface area contributed by atoms with Crippen molar-refractivity contribution in [3.05, 3.63) is 24.3 Å². The highest BCUT2D eigenvalue weighted by atomic mass is 16.5. The number of unbranched alkanes of at least 4 members (excludes halogenated alkanes) is 3. The van der Waals surface area contributed by atoms with E-state index in [1.165, 1.54) is 19.3 Å². The molecule has 0 aliphatic carbocycles. The fourth-order valence-corrected chi connectivity index (χ4v) is 2.18. The van der Waals surface area contributed by atoms with Gasteiger partial charge in [0.1, 0.15) is 6.61 Å². The summed E-state index contributed by atoms with van der Waals surface area (Å²) in [5.41, 5.74) is 7.30. The van der Waals surface area contributed by atoms with Crippen LogP contribution in [0.15, 0.2) is 24.3 Å². The quantitative estimate of drug-likeness (QED) is 0.529. The number of anilines is 2. The van der Waals surface area contributed by atoms with Crippen LogP contribution in [0.4, 0.5) is 11.4 Å². The number of nitrogens with two attached hydrogens (primary N) is 1. The highest BCUT2D eigenvalue weighted by Crippen LogP contribution is 2.18. The van der Waals surface area contributed by atoms with Crippen LogP contribution in [0.5, 0.6) is 0 Å². The predicted molar refractivity (Wildman–Crippen MR) is 88.5 cm³/mol. The van der Waals surface area contributed by atoms with Crippen LogP contribution in [0, 0.1) is 0 Å². The van der Waals surface area contributed by atoms with Crippen molar-refractivity contribution in [2.45, 2.75) is 46.0 Å². The van der Waals surface area contributed by atoms with Crippen LogP contribution < -0.4 is 10.6 Å². The number of ether oxygens (including phenoxy) is 1. The van der Waals surface area contributed by atoms with Crippen molar-refractivity contribution >= 4 is 17.3 Å². The minimum atomic E-state index is -0.00191. The first-order valence-electron chi connectivity index (χ1n) is 7.92. The van der Waals surface area contributed by atoms with Crippen molar-refractivity contribution in [3.63, 3.8) is 0 Å². The third kappa shape index (κ3) is 6.63. The van der Waals surface area contributed by atoms with E-state index in [1.54, 1.807) is 4.90 Å². The van der Waals surface area contributed by atoms with Crippen molar-refractivity contribution in [2.75, 3.05) is 30.4 Å². The monoisotopic (exact) mass is 292 g/mol. The molecule has 1 aromatic carbocycles. The van der Waals surface area contributed by atoms with Crippen LogP contribution in [0.3, 0.4) is 0 Å². The van der Waals surface area contributed by atoms with Gasteiger partial charge in [-0.3, -0.25) is 4.79 Å². The first kappa shape index (κ1) is 17.5. The van der Waals surface area contributed by atoms with E-state index in [2.05, 4.69) is 13.8 Å². The average molecular weight is 292 g/mol. The maximum atomic E-state index is 12.3. The summed E-state index contributed by atoms with van der Waals surface area (Å²) in [4.78, 5) is 14.0. The standard InChI is InChI=1S/C17H28N2O2/c1-3-5-6-7-12-21-14-17(20)19(11-4-2)16-10-8-9-15(18)13-16/h8-10,13H,3-7,11-12,14,18H2,1-2H3. The molecule has 2 N–H and O–H groups in total. The SMILES string of the molecule is CCCCCCOCC(=O)N(CCC)c1cccc(N)c1. The smallest absolute Gasteiger partial charge is 0.252 e. The molecule has 0 aliphatic rings. The summed E-state index contributed by atoms with van der Waals surface area (Å²) >= 11 is 0. The number of nitrogens with zero attached hydrogens (tertiary/aromatic N) is 1. The minimum Gasteiger partial charge on any atom is -0.399 e. The van der Waals surface area contributed by atoms with Gasteiger partial charge in [-0.2, -0.15) is 0 Å². The van der Waals surface area contributed by atoms with Crippen LogP contribution in [0.2, 0.25) is 0 Å². The second-order valence-electron chi connectivity index (χ2n) is 5.25. The van der Waals surface area contributed by atoms with Gasteiger partial charge in [-0.25, -0.2) is 0 Å². The molecular formula is C17H28N2O2. The lowest BCUT2D eigenvalue weighted by molar-refractivity contribution is -0.123. The van der Waals surface area contributed by atoms with Crippen molar-refractivity contribution in [2.24, 2.45) is 0 Å². The van der Waals surface area contributed by atoms with E-state index in [1.807, 2.05) is 24.3 Å². The summed E-state index contributed by atoms with van der Waals surface area (Å²) in [5.74, 6) is -0.00191. The van der Waals surface area contributed by atoms with Gasteiger partial charge in [0, 0.05) is 24.5 Å². The topological polar surface area (TPSA) is 55.6 Å².